The Morgan fingerprint density at radius 3 is 2.65 bits per heavy atom. The summed E-state index contributed by atoms with van der Waals surface area (Å²) < 4.78 is 17.4. The van der Waals surface area contributed by atoms with Crippen molar-refractivity contribution in [2.75, 3.05) is 18.5 Å². The van der Waals surface area contributed by atoms with Crippen LogP contribution in [0.5, 0.6) is 0 Å². The molecule has 0 heterocycles. The van der Waals surface area contributed by atoms with Crippen LogP contribution < -0.4 is 5.32 Å². The number of hydrogen-bond acceptors (Lipinski definition) is 3. The van der Waals surface area contributed by atoms with Crippen molar-refractivity contribution in [2.24, 2.45) is 0 Å². The number of hydrogen-bond donors (Lipinski definition) is 2. The third-order valence-corrected chi connectivity index (χ3v) is 1.82. The number of halogens is 2. The molecular weight excluding hydrogens is 253 g/mol. The summed E-state index contributed by atoms with van der Waals surface area (Å²) in [7, 11) is 0. The van der Waals surface area contributed by atoms with E-state index in [9.17, 15) is 14.0 Å². The molecule has 1 aromatic carbocycles. The zero-order valence-corrected chi connectivity index (χ0v) is 9.33. The fraction of sp³-hybridized carbons (Fsp3) is 0.200. The van der Waals surface area contributed by atoms with E-state index in [4.69, 9.17) is 16.7 Å². The summed E-state index contributed by atoms with van der Waals surface area (Å²) in [5.41, 5.74) is 0.180. The number of carbonyl (C=O) groups excluding carboxylic acids is 1. The van der Waals surface area contributed by atoms with Gasteiger partial charge in [0.15, 0.2) is 0 Å². The van der Waals surface area contributed by atoms with E-state index in [0.29, 0.717) is 0 Å². The van der Waals surface area contributed by atoms with Crippen molar-refractivity contribution in [3.8, 4) is 0 Å². The first kappa shape index (κ1) is 13.4. The lowest BCUT2D eigenvalue weighted by molar-refractivity contribution is -0.143. The fourth-order valence-corrected chi connectivity index (χ4v) is 1.28. The molecule has 2 N–H and O–H groups in total. The van der Waals surface area contributed by atoms with Gasteiger partial charge >= 0.3 is 5.97 Å². The molecule has 1 rings (SSSR count). The minimum Gasteiger partial charge on any atom is -0.480 e. The number of rotatable bonds is 5. The number of anilines is 1. The molecule has 0 fully saturated rings. The molecular formula is C10H9ClFNO4. The first-order chi connectivity index (χ1) is 7.97. The van der Waals surface area contributed by atoms with Gasteiger partial charge < -0.3 is 15.2 Å². The van der Waals surface area contributed by atoms with E-state index in [1.165, 1.54) is 6.07 Å². The number of ether oxygens (including phenoxy) is 1. The van der Waals surface area contributed by atoms with Gasteiger partial charge in [-0.15, -0.1) is 0 Å². The van der Waals surface area contributed by atoms with Gasteiger partial charge in [0.05, 0.1) is 0 Å². The second-order valence-corrected chi connectivity index (χ2v) is 3.53. The average molecular weight is 262 g/mol. The topological polar surface area (TPSA) is 75.6 Å². The molecule has 0 saturated heterocycles. The highest BCUT2D eigenvalue weighted by Crippen LogP contribution is 2.17. The fourth-order valence-electron chi connectivity index (χ4n) is 1.05. The van der Waals surface area contributed by atoms with Crippen molar-refractivity contribution in [3.05, 3.63) is 29.0 Å². The van der Waals surface area contributed by atoms with Crippen LogP contribution in [0.4, 0.5) is 10.1 Å². The monoisotopic (exact) mass is 261 g/mol. The molecule has 0 spiro atoms. The largest absolute Gasteiger partial charge is 0.480 e. The van der Waals surface area contributed by atoms with E-state index in [1.807, 2.05) is 0 Å². The highest BCUT2D eigenvalue weighted by atomic mass is 35.5. The lowest BCUT2D eigenvalue weighted by Crippen LogP contribution is -2.20. The predicted octanol–water partition coefficient (Wildman–Crippen LogP) is 1.52. The summed E-state index contributed by atoms with van der Waals surface area (Å²) in [5, 5.41) is 10.7. The van der Waals surface area contributed by atoms with Crippen molar-refractivity contribution in [1.82, 2.24) is 0 Å². The van der Waals surface area contributed by atoms with E-state index in [0.717, 1.165) is 12.1 Å². The zero-order chi connectivity index (χ0) is 12.8. The molecule has 0 saturated carbocycles. The second-order valence-electron chi connectivity index (χ2n) is 3.09. The maximum absolute atomic E-state index is 12.9. The third-order valence-electron chi connectivity index (χ3n) is 1.61. The third kappa shape index (κ3) is 5.28. The molecule has 5 nitrogen and oxygen atoms in total. The Labute approximate surface area is 101 Å². The van der Waals surface area contributed by atoms with Gasteiger partial charge in [-0.25, -0.2) is 9.18 Å². The van der Waals surface area contributed by atoms with Gasteiger partial charge in [-0.1, -0.05) is 11.6 Å². The first-order valence-electron chi connectivity index (χ1n) is 4.53. The molecule has 0 aliphatic rings. The molecule has 0 aliphatic carbocycles. The van der Waals surface area contributed by atoms with Crippen LogP contribution >= 0.6 is 11.6 Å². The first-order valence-corrected chi connectivity index (χ1v) is 4.90. The maximum atomic E-state index is 12.9. The highest BCUT2D eigenvalue weighted by Gasteiger charge is 2.06. The summed E-state index contributed by atoms with van der Waals surface area (Å²) in [6.45, 7) is -1.00. The summed E-state index contributed by atoms with van der Waals surface area (Å²) in [5.74, 6) is -2.35. The Bertz CT molecular complexity index is 418. The van der Waals surface area contributed by atoms with Gasteiger partial charge in [0.1, 0.15) is 19.0 Å². The van der Waals surface area contributed by atoms with Gasteiger partial charge in [-0.05, 0) is 18.2 Å². The van der Waals surface area contributed by atoms with E-state index >= 15 is 0 Å². The number of aliphatic carboxylic acids is 1. The van der Waals surface area contributed by atoms with Crippen molar-refractivity contribution in [2.45, 2.75) is 0 Å². The Balaban J connectivity index is 2.47. The molecule has 0 bridgehead atoms. The highest BCUT2D eigenvalue weighted by molar-refractivity contribution is 6.30. The quantitative estimate of drug-likeness (QED) is 0.843. The Hall–Kier alpha value is -1.66. The second kappa shape index (κ2) is 6.17. The summed E-state index contributed by atoms with van der Waals surface area (Å²) in [6, 6.07) is 3.54. The molecule has 17 heavy (non-hydrogen) atoms. The van der Waals surface area contributed by atoms with Gasteiger partial charge in [0.25, 0.3) is 0 Å². The normalized spacial score (nSPS) is 10.0. The lowest BCUT2D eigenvalue weighted by atomic mass is 10.3. The van der Waals surface area contributed by atoms with Crippen molar-refractivity contribution >= 4 is 29.2 Å². The van der Waals surface area contributed by atoms with Gasteiger partial charge in [-0.3, -0.25) is 4.79 Å². The number of carbonyl (C=O) groups is 2. The smallest absolute Gasteiger partial charge is 0.329 e. The molecule has 0 radical (unpaired) electrons. The van der Waals surface area contributed by atoms with Crippen LogP contribution in [0, 0.1) is 5.82 Å². The molecule has 1 amide bonds. The van der Waals surface area contributed by atoms with E-state index in [2.05, 4.69) is 10.1 Å². The van der Waals surface area contributed by atoms with Crippen LogP contribution in [0.25, 0.3) is 0 Å². The molecule has 92 valence electrons. The van der Waals surface area contributed by atoms with E-state index in [-0.39, 0.29) is 10.7 Å². The standard InChI is InChI=1S/C10H9ClFNO4/c11-6-1-7(12)3-8(2-6)13-9(14)4-17-5-10(15)16/h1-3H,4-5H2,(H,13,14)(H,15,16). The van der Waals surface area contributed by atoms with E-state index < -0.39 is 30.9 Å². The maximum Gasteiger partial charge on any atom is 0.329 e. The Morgan fingerprint density at radius 1 is 1.35 bits per heavy atom. The number of carboxylic acids is 1. The molecule has 0 aliphatic heterocycles. The number of benzene rings is 1. The minimum absolute atomic E-state index is 0.145. The van der Waals surface area contributed by atoms with Gasteiger partial charge in [0, 0.05) is 10.7 Å². The number of nitrogens with one attached hydrogen (secondary N) is 1. The van der Waals surface area contributed by atoms with Crippen LogP contribution in [-0.2, 0) is 14.3 Å². The Morgan fingerprint density at radius 2 is 2.06 bits per heavy atom. The van der Waals surface area contributed by atoms with Gasteiger partial charge in [0.2, 0.25) is 5.91 Å². The van der Waals surface area contributed by atoms with Crippen LogP contribution in [0.2, 0.25) is 5.02 Å². The Kier molecular flexibility index (Phi) is 4.86. The number of amides is 1. The molecule has 7 heteroatoms. The summed E-state index contributed by atoms with van der Waals surface area (Å²) >= 11 is 5.58. The summed E-state index contributed by atoms with van der Waals surface area (Å²) in [6.07, 6.45) is 0. The molecule has 1 aromatic rings. The molecule has 0 atom stereocenters. The number of carboxylic acid groups (broad SMARTS) is 1. The van der Waals surface area contributed by atoms with Crippen molar-refractivity contribution in [1.29, 1.82) is 0 Å². The molecule has 0 unspecified atom stereocenters. The summed E-state index contributed by atoms with van der Waals surface area (Å²) in [4.78, 5) is 21.3. The van der Waals surface area contributed by atoms with E-state index in [1.54, 1.807) is 0 Å². The molecule has 0 aromatic heterocycles. The van der Waals surface area contributed by atoms with Crippen LogP contribution in [-0.4, -0.2) is 30.2 Å². The lowest BCUT2D eigenvalue weighted by Gasteiger charge is -2.05. The average Bonchev–Trinajstić information content (AvgIpc) is 2.14. The minimum atomic E-state index is -1.17. The van der Waals surface area contributed by atoms with Crippen molar-refractivity contribution < 1.29 is 23.8 Å². The zero-order valence-electron chi connectivity index (χ0n) is 8.57. The SMILES string of the molecule is O=C(O)COCC(=O)Nc1cc(F)cc(Cl)c1. The van der Waals surface area contributed by atoms with Crippen LogP contribution in [0.1, 0.15) is 0 Å². The van der Waals surface area contributed by atoms with Crippen LogP contribution in [0.3, 0.4) is 0 Å². The van der Waals surface area contributed by atoms with Crippen LogP contribution in [0.15, 0.2) is 18.2 Å². The van der Waals surface area contributed by atoms with Gasteiger partial charge in [-0.2, -0.15) is 0 Å². The predicted molar refractivity (Wildman–Crippen MR) is 58.5 cm³/mol. The van der Waals surface area contributed by atoms with Crippen molar-refractivity contribution in [3.63, 3.8) is 0 Å².